The van der Waals surface area contributed by atoms with E-state index in [9.17, 15) is 0 Å². The summed E-state index contributed by atoms with van der Waals surface area (Å²) < 4.78 is 0. The Labute approximate surface area is 103 Å². The summed E-state index contributed by atoms with van der Waals surface area (Å²) in [7, 11) is 0. The van der Waals surface area contributed by atoms with E-state index in [1.807, 2.05) is 13.8 Å². The molecule has 74 valence electrons. The Morgan fingerprint density at radius 2 is 0.833 bits per heavy atom. The zero-order valence-electron chi connectivity index (χ0n) is 6.42. The average Bonchev–Trinajstić information content (AvgIpc) is 1.80. The first-order valence-electron chi connectivity index (χ1n) is 3.20. The van der Waals surface area contributed by atoms with Gasteiger partial charge < -0.3 is 0 Å². The van der Waals surface area contributed by atoms with E-state index in [2.05, 4.69) is 0 Å². The lowest BCUT2D eigenvalue weighted by molar-refractivity contribution is 0.855. The van der Waals surface area contributed by atoms with Gasteiger partial charge in [-0.1, -0.05) is 13.8 Å². The second kappa shape index (κ2) is 4.80. The van der Waals surface area contributed by atoms with Crippen molar-refractivity contribution >= 4 is 78.5 Å². The molecule has 8 heteroatoms. The van der Waals surface area contributed by atoms with Gasteiger partial charge in [0.1, 0.15) is 0 Å². The van der Waals surface area contributed by atoms with E-state index in [-0.39, 0.29) is 11.1 Å². The van der Waals surface area contributed by atoms with Crippen molar-refractivity contribution < 1.29 is 0 Å². The highest BCUT2D eigenvalue weighted by Gasteiger charge is 2.46. The van der Waals surface area contributed by atoms with Crippen LogP contribution in [0.15, 0.2) is 0 Å². The minimum absolute atomic E-state index is 0.123. The molecule has 0 rings (SSSR count). The van der Waals surface area contributed by atoms with Gasteiger partial charge in [-0.15, -0.1) is 66.5 Å². The molecule has 2 atom stereocenters. The van der Waals surface area contributed by atoms with E-state index in [0.29, 0.717) is 0 Å². The fourth-order valence-electron chi connectivity index (χ4n) is 0.567. The first-order valence-corrected chi connectivity index (χ1v) is 13.4. The Morgan fingerprint density at radius 3 is 0.917 bits per heavy atom. The fourth-order valence-corrected chi connectivity index (χ4v) is 8.50. The van der Waals surface area contributed by atoms with Crippen molar-refractivity contribution in [1.82, 2.24) is 0 Å². The van der Waals surface area contributed by atoms with Gasteiger partial charge in [0.15, 0.2) is 0 Å². The maximum atomic E-state index is 5.80. The van der Waals surface area contributed by atoms with Crippen LogP contribution in [-0.2, 0) is 0 Å². The Kier molecular flexibility index (Phi) is 5.67. The predicted octanol–water partition coefficient (Wildman–Crippen LogP) is 5.08. The molecule has 0 aliphatic heterocycles. The summed E-state index contributed by atoms with van der Waals surface area (Å²) in [5, 5.41) is 0. The van der Waals surface area contributed by atoms with Crippen LogP contribution in [0.5, 0.6) is 0 Å². The van der Waals surface area contributed by atoms with E-state index in [1.165, 1.54) is 0 Å². The molecule has 2 unspecified atom stereocenters. The van der Waals surface area contributed by atoms with Crippen molar-refractivity contribution in [2.75, 3.05) is 0 Å². The molecule has 0 bridgehead atoms. The molecular weight excluding hydrogens is 317 g/mol. The van der Waals surface area contributed by atoms with Crippen LogP contribution in [0, 0.1) is 0 Å². The molecule has 0 N–H and O–H groups in total. The Balaban J connectivity index is 4.41. The monoisotopic (exact) mass is 322 g/mol. The molecule has 0 spiro atoms. The summed E-state index contributed by atoms with van der Waals surface area (Å²) >= 11 is 34.8. The molecule has 0 aromatic heterocycles. The highest BCUT2D eigenvalue weighted by molar-refractivity contribution is 7.68. The molecule has 0 aliphatic rings. The molecule has 0 aliphatic carbocycles. The van der Waals surface area contributed by atoms with Crippen molar-refractivity contribution in [2.45, 2.75) is 24.9 Å². The van der Waals surface area contributed by atoms with E-state index in [0.717, 1.165) is 0 Å². The largest absolute Gasteiger partial charge is 0.344 e. The third-order valence-electron chi connectivity index (χ3n) is 1.78. The topological polar surface area (TPSA) is 0 Å². The van der Waals surface area contributed by atoms with Gasteiger partial charge in [0.25, 0.3) is 0 Å². The first-order chi connectivity index (χ1) is 5.07. The summed E-state index contributed by atoms with van der Waals surface area (Å²) in [5.41, 5.74) is -0.247. The molecule has 0 aromatic rings. The minimum Gasteiger partial charge on any atom is -0.126 e. The van der Waals surface area contributed by atoms with Gasteiger partial charge >= 0.3 is 12.0 Å². The predicted molar refractivity (Wildman–Crippen MR) is 65.5 cm³/mol. The van der Waals surface area contributed by atoms with E-state index < -0.39 is 12.0 Å². The zero-order chi connectivity index (χ0) is 10.2. The lowest BCUT2D eigenvalue weighted by atomic mass is 10.4. The lowest BCUT2D eigenvalue weighted by Gasteiger charge is -2.27. The van der Waals surface area contributed by atoms with Crippen LogP contribution in [0.4, 0.5) is 0 Å². The zero-order valence-corrected chi connectivity index (χ0v) is 13.0. The van der Waals surface area contributed by atoms with Crippen LogP contribution >= 0.6 is 66.5 Å². The first kappa shape index (κ1) is 14.2. The molecule has 0 saturated carbocycles. The molecule has 0 aromatic carbocycles. The van der Waals surface area contributed by atoms with E-state index >= 15 is 0 Å². The van der Waals surface area contributed by atoms with Crippen LogP contribution in [0.1, 0.15) is 13.8 Å². The summed E-state index contributed by atoms with van der Waals surface area (Å²) in [6.45, 7) is 3.64. The van der Waals surface area contributed by atoms with Crippen LogP contribution in [-0.4, -0.2) is 12.0 Å². The SMILES string of the molecule is CC(C(C)[Si](Cl)(Cl)Cl)[Si](Cl)(Cl)Cl. The van der Waals surface area contributed by atoms with Crippen molar-refractivity contribution in [3.8, 4) is 0 Å². The number of halogens is 6. The summed E-state index contributed by atoms with van der Waals surface area (Å²) in [4.78, 5) is 0. The number of rotatable bonds is 3. The molecule has 12 heavy (non-hydrogen) atoms. The second-order valence-electron chi connectivity index (χ2n) is 2.66. The maximum Gasteiger partial charge on any atom is 0.344 e. The lowest BCUT2D eigenvalue weighted by Crippen LogP contribution is -2.29. The Morgan fingerprint density at radius 1 is 0.667 bits per heavy atom. The van der Waals surface area contributed by atoms with Gasteiger partial charge in [0.05, 0.1) is 0 Å². The summed E-state index contributed by atoms with van der Waals surface area (Å²) in [6.07, 6.45) is 0. The molecule has 0 fully saturated rings. The van der Waals surface area contributed by atoms with Crippen molar-refractivity contribution in [3.05, 3.63) is 0 Å². The number of hydrogen-bond donors (Lipinski definition) is 0. The molecule has 0 heterocycles. The van der Waals surface area contributed by atoms with Gasteiger partial charge in [0.2, 0.25) is 0 Å². The standard InChI is InChI=1S/C4H8Cl6Si2/c1-3(11(5,6)7)4(2)12(8,9)10/h3-4H,1-2H3. The maximum absolute atomic E-state index is 5.80. The molecular formula is C4H8Cl6Si2. The third kappa shape index (κ3) is 4.60. The van der Waals surface area contributed by atoms with Crippen molar-refractivity contribution in [1.29, 1.82) is 0 Å². The molecule has 0 saturated heterocycles. The third-order valence-corrected chi connectivity index (χ3v) is 11.4. The van der Waals surface area contributed by atoms with Gasteiger partial charge in [-0.25, -0.2) is 0 Å². The molecule has 0 radical (unpaired) electrons. The van der Waals surface area contributed by atoms with Gasteiger partial charge in [0, 0.05) is 0 Å². The van der Waals surface area contributed by atoms with Gasteiger partial charge in [-0.3, -0.25) is 0 Å². The summed E-state index contributed by atoms with van der Waals surface area (Å²) in [5.74, 6) is 0. The highest BCUT2D eigenvalue weighted by atomic mass is 35.8. The van der Waals surface area contributed by atoms with Gasteiger partial charge in [-0.05, 0) is 11.1 Å². The minimum atomic E-state index is -2.74. The molecule has 0 nitrogen and oxygen atoms in total. The normalized spacial score (nSPS) is 19.0. The van der Waals surface area contributed by atoms with Crippen molar-refractivity contribution in [2.24, 2.45) is 0 Å². The smallest absolute Gasteiger partial charge is 0.126 e. The Hall–Kier alpha value is 2.17. The number of hydrogen-bond acceptors (Lipinski definition) is 0. The quantitative estimate of drug-likeness (QED) is 0.502. The van der Waals surface area contributed by atoms with E-state index in [1.54, 1.807) is 0 Å². The van der Waals surface area contributed by atoms with Crippen LogP contribution in [0.25, 0.3) is 0 Å². The van der Waals surface area contributed by atoms with Crippen LogP contribution in [0.2, 0.25) is 11.1 Å². The molecule has 0 amide bonds. The average molecular weight is 325 g/mol. The van der Waals surface area contributed by atoms with Crippen LogP contribution in [0.3, 0.4) is 0 Å². The highest BCUT2D eigenvalue weighted by Crippen LogP contribution is 2.49. The summed E-state index contributed by atoms with van der Waals surface area (Å²) in [6, 6.07) is -5.47. The van der Waals surface area contributed by atoms with Gasteiger partial charge in [-0.2, -0.15) is 0 Å². The van der Waals surface area contributed by atoms with Crippen molar-refractivity contribution in [3.63, 3.8) is 0 Å². The Bertz CT molecular complexity index is 131. The van der Waals surface area contributed by atoms with Crippen LogP contribution < -0.4 is 0 Å². The van der Waals surface area contributed by atoms with E-state index in [4.69, 9.17) is 66.5 Å². The second-order valence-corrected chi connectivity index (χ2v) is 20.9. The fraction of sp³-hybridized carbons (Fsp3) is 1.00.